The summed E-state index contributed by atoms with van der Waals surface area (Å²) in [5.74, 6) is 1.15. The second-order valence-corrected chi connectivity index (χ2v) is 6.26. The maximum Gasteiger partial charge on any atom is 0.316 e. The summed E-state index contributed by atoms with van der Waals surface area (Å²) in [4.78, 5) is 16.8. The monoisotopic (exact) mass is 338 g/mol. The second-order valence-electron chi connectivity index (χ2n) is 6.26. The molecule has 1 aliphatic carbocycles. The Morgan fingerprint density at radius 3 is 2.56 bits per heavy atom. The van der Waals surface area contributed by atoms with Crippen LogP contribution in [0.3, 0.4) is 0 Å². The van der Waals surface area contributed by atoms with E-state index in [1.165, 1.54) is 32.1 Å². The first-order chi connectivity index (χ1) is 12.2. The SMILES string of the molecule is COc1nccc(-c2[nH]c(C3CCCC3)nc2-c2ccc(F)cc2)n1. The summed E-state index contributed by atoms with van der Waals surface area (Å²) in [5.41, 5.74) is 3.16. The summed E-state index contributed by atoms with van der Waals surface area (Å²) in [6.45, 7) is 0. The minimum atomic E-state index is -0.263. The molecule has 1 N–H and O–H groups in total. The van der Waals surface area contributed by atoms with Crippen LogP contribution in [0.5, 0.6) is 6.01 Å². The molecule has 3 aromatic rings. The van der Waals surface area contributed by atoms with E-state index in [0.717, 1.165) is 35.6 Å². The summed E-state index contributed by atoms with van der Waals surface area (Å²) < 4.78 is 18.4. The van der Waals surface area contributed by atoms with Gasteiger partial charge in [-0.05, 0) is 43.2 Å². The minimum absolute atomic E-state index is 0.263. The lowest BCUT2D eigenvalue weighted by atomic mass is 10.1. The molecule has 2 heterocycles. The molecule has 0 radical (unpaired) electrons. The van der Waals surface area contributed by atoms with Gasteiger partial charge in [0.15, 0.2) is 0 Å². The van der Waals surface area contributed by atoms with Crippen molar-refractivity contribution in [3.63, 3.8) is 0 Å². The smallest absolute Gasteiger partial charge is 0.316 e. The van der Waals surface area contributed by atoms with E-state index in [-0.39, 0.29) is 5.82 Å². The predicted octanol–water partition coefficient (Wildman–Crippen LogP) is 4.34. The number of imidazole rings is 1. The van der Waals surface area contributed by atoms with E-state index < -0.39 is 0 Å². The highest BCUT2D eigenvalue weighted by molar-refractivity contribution is 5.76. The van der Waals surface area contributed by atoms with Crippen LogP contribution in [0, 0.1) is 5.82 Å². The average molecular weight is 338 g/mol. The Kier molecular flexibility index (Phi) is 4.17. The molecule has 0 unspecified atom stereocenters. The summed E-state index contributed by atoms with van der Waals surface area (Å²) in [6, 6.07) is 8.51. The van der Waals surface area contributed by atoms with Gasteiger partial charge in [0.25, 0.3) is 0 Å². The molecule has 1 aliphatic rings. The fraction of sp³-hybridized carbons (Fsp3) is 0.316. The molecule has 0 spiro atoms. The molecule has 0 bridgehead atoms. The summed E-state index contributed by atoms with van der Waals surface area (Å²) in [6.07, 6.45) is 6.40. The number of rotatable bonds is 4. The highest BCUT2D eigenvalue weighted by atomic mass is 19.1. The number of methoxy groups -OCH3 is 1. The quantitative estimate of drug-likeness (QED) is 0.768. The molecule has 5 nitrogen and oxygen atoms in total. The zero-order valence-corrected chi connectivity index (χ0v) is 14.0. The Morgan fingerprint density at radius 1 is 1.08 bits per heavy atom. The molecule has 4 rings (SSSR count). The van der Waals surface area contributed by atoms with Gasteiger partial charge in [0.05, 0.1) is 24.2 Å². The fourth-order valence-corrected chi connectivity index (χ4v) is 3.36. The van der Waals surface area contributed by atoms with Crippen LogP contribution in [0.15, 0.2) is 36.5 Å². The van der Waals surface area contributed by atoms with E-state index in [1.807, 2.05) is 6.07 Å². The lowest BCUT2D eigenvalue weighted by Crippen LogP contribution is -1.95. The van der Waals surface area contributed by atoms with Gasteiger partial charge in [0, 0.05) is 17.7 Å². The highest BCUT2D eigenvalue weighted by Crippen LogP contribution is 2.37. The van der Waals surface area contributed by atoms with Gasteiger partial charge in [-0.1, -0.05) is 12.8 Å². The number of nitrogens with zero attached hydrogens (tertiary/aromatic N) is 3. The van der Waals surface area contributed by atoms with E-state index in [0.29, 0.717) is 17.6 Å². The van der Waals surface area contributed by atoms with Crippen LogP contribution in [-0.2, 0) is 0 Å². The Hall–Kier alpha value is -2.76. The van der Waals surface area contributed by atoms with Gasteiger partial charge in [-0.15, -0.1) is 0 Å². The molecular formula is C19H19FN4O. The van der Waals surface area contributed by atoms with Crippen LogP contribution in [-0.4, -0.2) is 27.0 Å². The van der Waals surface area contributed by atoms with E-state index in [1.54, 1.807) is 18.3 Å². The van der Waals surface area contributed by atoms with Crippen LogP contribution in [0.1, 0.15) is 37.4 Å². The molecule has 2 aromatic heterocycles. The number of hydrogen-bond acceptors (Lipinski definition) is 4. The normalized spacial score (nSPS) is 14.8. The van der Waals surface area contributed by atoms with Crippen LogP contribution < -0.4 is 4.74 Å². The molecule has 128 valence electrons. The largest absolute Gasteiger partial charge is 0.467 e. The van der Waals surface area contributed by atoms with Crippen molar-refractivity contribution >= 4 is 0 Å². The predicted molar refractivity (Wildman–Crippen MR) is 92.8 cm³/mol. The average Bonchev–Trinajstić information content (AvgIpc) is 3.32. The molecule has 0 atom stereocenters. The Balaban J connectivity index is 1.83. The van der Waals surface area contributed by atoms with Gasteiger partial charge in [0.2, 0.25) is 0 Å². The number of benzene rings is 1. The van der Waals surface area contributed by atoms with Crippen LogP contribution >= 0.6 is 0 Å². The van der Waals surface area contributed by atoms with Crippen LogP contribution in [0.4, 0.5) is 4.39 Å². The van der Waals surface area contributed by atoms with Gasteiger partial charge >= 0.3 is 6.01 Å². The van der Waals surface area contributed by atoms with Gasteiger partial charge in [-0.2, -0.15) is 4.98 Å². The van der Waals surface area contributed by atoms with Crippen LogP contribution in [0.25, 0.3) is 22.6 Å². The maximum absolute atomic E-state index is 13.3. The van der Waals surface area contributed by atoms with Crippen molar-refractivity contribution in [3.8, 4) is 28.7 Å². The summed E-state index contributed by atoms with van der Waals surface area (Å²) in [7, 11) is 1.54. The van der Waals surface area contributed by atoms with Crippen molar-refractivity contribution in [2.75, 3.05) is 7.11 Å². The van der Waals surface area contributed by atoms with Gasteiger partial charge < -0.3 is 9.72 Å². The number of nitrogens with one attached hydrogen (secondary N) is 1. The Bertz CT molecular complexity index is 869. The number of aromatic amines is 1. The lowest BCUT2D eigenvalue weighted by Gasteiger charge is -2.04. The first kappa shape index (κ1) is 15.7. The van der Waals surface area contributed by atoms with Crippen molar-refractivity contribution < 1.29 is 9.13 Å². The standard InChI is InChI=1S/C19H19FN4O/c1-25-19-21-11-10-15(22-19)17-16(12-6-8-14(20)9-7-12)23-18(24-17)13-4-2-3-5-13/h6-11,13H,2-5H2,1H3,(H,23,24). The summed E-state index contributed by atoms with van der Waals surface area (Å²) in [5, 5.41) is 0. The third-order valence-electron chi connectivity index (χ3n) is 4.65. The lowest BCUT2D eigenvalue weighted by molar-refractivity contribution is 0.380. The van der Waals surface area contributed by atoms with E-state index in [9.17, 15) is 4.39 Å². The zero-order valence-electron chi connectivity index (χ0n) is 14.0. The molecule has 0 aliphatic heterocycles. The molecule has 6 heteroatoms. The maximum atomic E-state index is 13.3. The first-order valence-corrected chi connectivity index (χ1v) is 8.48. The third-order valence-corrected chi connectivity index (χ3v) is 4.65. The minimum Gasteiger partial charge on any atom is -0.467 e. The number of H-pyrrole nitrogens is 1. The van der Waals surface area contributed by atoms with Gasteiger partial charge in [-0.25, -0.2) is 14.4 Å². The number of aromatic nitrogens is 4. The molecule has 1 aromatic carbocycles. The molecule has 25 heavy (non-hydrogen) atoms. The summed E-state index contributed by atoms with van der Waals surface area (Å²) >= 11 is 0. The zero-order chi connectivity index (χ0) is 17.2. The Morgan fingerprint density at radius 2 is 1.84 bits per heavy atom. The molecule has 0 saturated heterocycles. The number of halogens is 1. The van der Waals surface area contributed by atoms with Crippen molar-refractivity contribution in [1.82, 2.24) is 19.9 Å². The molecule has 1 fully saturated rings. The molecular weight excluding hydrogens is 319 g/mol. The fourth-order valence-electron chi connectivity index (χ4n) is 3.36. The number of ether oxygens (including phenoxy) is 1. The van der Waals surface area contributed by atoms with E-state index in [2.05, 4.69) is 15.0 Å². The number of hydrogen-bond donors (Lipinski definition) is 1. The second kappa shape index (κ2) is 6.63. The topological polar surface area (TPSA) is 63.7 Å². The van der Waals surface area contributed by atoms with Crippen molar-refractivity contribution in [2.45, 2.75) is 31.6 Å². The van der Waals surface area contributed by atoms with Crippen molar-refractivity contribution in [1.29, 1.82) is 0 Å². The van der Waals surface area contributed by atoms with Gasteiger partial charge in [-0.3, -0.25) is 0 Å². The van der Waals surface area contributed by atoms with Crippen molar-refractivity contribution in [3.05, 3.63) is 48.2 Å². The first-order valence-electron chi connectivity index (χ1n) is 8.48. The third kappa shape index (κ3) is 3.12. The van der Waals surface area contributed by atoms with E-state index in [4.69, 9.17) is 9.72 Å². The van der Waals surface area contributed by atoms with E-state index >= 15 is 0 Å². The highest BCUT2D eigenvalue weighted by Gasteiger charge is 2.24. The molecule has 0 amide bonds. The molecule has 1 saturated carbocycles. The van der Waals surface area contributed by atoms with Crippen LogP contribution in [0.2, 0.25) is 0 Å². The Labute approximate surface area is 145 Å². The van der Waals surface area contributed by atoms with Crippen molar-refractivity contribution in [2.24, 2.45) is 0 Å². The van der Waals surface area contributed by atoms with Gasteiger partial charge in [0.1, 0.15) is 11.6 Å².